The Morgan fingerprint density at radius 3 is 2.38 bits per heavy atom. The zero-order chi connectivity index (χ0) is 15.6. The first-order chi connectivity index (χ1) is 9.78. The predicted octanol–water partition coefficient (Wildman–Crippen LogP) is 3.21. The number of anilines is 1. The number of rotatable bonds is 4. The van der Waals surface area contributed by atoms with Gasteiger partial charge in [0.1, 0.15) is 5.82 Å². The van der Waals surface area contributed by atoms with Crippen molar-refractivity contribution in [2.45, 2.75) is 17.9 Å². The van der Waals surface area contributed by atoms with Crippen molar-refractivity contribution in [1.82, 2.24) is 4.72 Å². The third-order valence-electron chi connectivity index (χ3n) is 2.91. The van der Waals surface area contributed by atoms with Gasteiger partial charge in [-0.05, 0) is 42.8 Å². The van der Waals surface area contributed by atoms with Gasteiger partial charge >= 0.3 is 0 Å². The topological polar surface area (TPSA) is 72.2 Å². The molecule has 0 radical (unpaired) electrons. The summed E-state index contributed by atoms with van der Waals surface area (Å²) in [5.41, 5.74) is 6.34. The Balaban J connectivity index is 2.26. The van der Waals surface area contributed by atoms with Crippen molar-refractivity contribution in [2.24, 2.45) is 0 Å². The molecule has 112 valence electrons. The van der Waals surface area contributed by atoms with Crippen LogP contribution in [0.2, 0.25) is 0 Å². The number of nitrogens with one attached hydrogen (secondary N) is 1. The minimum atomic E-state index is -3.84. The van der Waals surface area contributed by atoms with Crippen LogP contribution in [0.4, 0.5) is 10.1 Å². The van der Waals surface area contributed by atoms with Gasteiger partial charge in [0, 0.05) is 16.2 Å². The lowest BCUT2D eigenvalue weighted by Gasteiger charge is -2.15. The van der Waals surface area contributed by atoms with E-state index in [1.54, 1.807) is 19.1 Å². The third kappa shape index (κ3) is 4.03. The summed E-state index contributed by atoms with van der Waals surface area (Å²) in [6.45, 7) is 1.71. The van der Waals surface area contributed by atoms with E-state index < -0.39 is 21.9 Å². The SMILES string of the molecule is C[C@@H](NS(=O)(=O)c1cc(N)cc(F)c1)c1ccc(Br)cc1. The molecule has 21 heavy (non-hydrogen) atoms. The highest BCUT2D eigenvalue weighted by atomic mass is 79.9. The van der Waals surface area contributed by atoms with Crippen LogP contribution in [-0.2, 0) is 10.0 Å². The van der Waals surface area contributed by atoms with Gasteiger partial charge in [-0.1, -0.05) is 28.1 Å². The lowest BCUT2D eigenvalue weighted by atomic mass is 10.1. The molecule has 0 fully saturated rings. The zero-order valence-electron chi connectivity index (χ0n) is 11.2. The van der Waals surface area contributed by atoms with Gasteiger partial charge < -0.3 is 5.73 Å². The van der Waals surface area contributed by atoms with Crippen LogP contribution in [0.3, 0.4) is 0 Å². The molecule has 2 aromatic carbocycles. The minimum Gasteiger partial charge on any atom is -0.399 e. The molecule has 3 N–H and O–H groups in total. The van der Waals surface area contributed by atoms with Crippen molar-refractivity contribution < 1.29 is 12.8 Å². The smallest absolute Gasteiger partial charge is 0.241 e. The maximum absolute atomic E-state index is 13.3. The molecule has 0 saturated heterocycles. The van der Waals surface area contributed by atoms with Crippen LogP contribution in [0.1, 0.15) is 18.5 Å². The maximum atomic E-state index is 13.3. The van der Waals surface area contributed by atoms with Gasteiger partial charge in [0.15, 0.2) is 0 Å². The normalized spacial score (nSPS) is 13.1. The standard InChI is InChI=1S/C14H14BrFN2O2S/c1-9(10-2-4-11(15)5-3-10)18-21(19,20)14-7-12(16)6-13(17)8-14/h2-9,18H,17H2,1H3/t9-/m1/s1. The zero-order valence-corrected chi connectivity index (χ0v) is 13.6. The van der Waals surface area contributed by atoms with Crippen LogP contribution < -0.4 is 10.5 Å². The third-order valence-corrected chi connectivity index (χ3v) is 4.95. The highest BCUT2D eigenvalue weighted by Gasteiger charge is 2.19. The van der Waals surface area contributed by atoms with Gasteiger partial charge in [-0.15, -0.1) is 0 Å². The molecule has 1 atom stereocenters. The van der Waals surface area contributed by atoms with E-state index in [1.807, 2.05) is 12.1 Å². The number of nitrogen functional groups attached to an aromatic ring is 1. The highest BCUT2D eigenvalue weighted by Crippen LogP contribution is 2.21. The lowest BCUT2D eigenvalue weighted by molar-refractivity contribution is 0.564. The van der Waals surface area contributed by atoms with Crippen LogP contribution in [-0.4, -0.2) is 8.42 Å². The summed E-state index contributed by atoms with van der Waals surface area (Å²) in [5.74, 6) is -0.688. The second-order valence-electron chi connectivity index (χ2n) is 4.61. The first-order valence-electron chi connectivity index (χ1n) is 6.12. The van der Waals surface area contributed by atoms with Crippen LogP contribution in [0.15, 0.2) is 51.8 Å². The molecular weight excluding hydrogens is 359 g/mol. The molecule has 4 nitrogen and oxygen atoms in total. The molecule has 7 heteroatoms. The van der Waals surface area contributed by atoms with Crippen molar-refractivity contribution in [3.63, 3.8) is 0 Å². The molecule has 0 saturated carbocycles. The Kier molecular flexibility index (Phi) is 4.65. The molecule has 0 unspecified atom stereocenters. The monoisotopic (exact) mass is 372 g/mol. The average Bonchev–Trinajstić information content (AvgIpc) is 2.37. The van der Waals surface area contributed by atoms with E-state index in [-0.39, 0.29) is 10.6 Å². The van der Waals surface area contributed by atoms with Crippen LogP contribution >= 0.6 is 15.9 Å². The highest BCUT2D eigenvalue weighted by molar-refractivity contribution is 9.10. The van der Waals surface area contributed by atoms with Crippen molar-refractivity contribution in [3.05, 3.63) is 58.3 Å². The van der Waals surface area contributed by atoms with Crippen molar-refractivity contribution in [2.75, 3.05) is 5.73 Å². The molecule has 2 aromatic rings. The molecule has 0 aliphatic rings. The number of hydrogen-bond acceptors (Lipinski definition) is 3. The number of benzene rings is 2. The van der Waals surface area contributed by atoms with E-state index in [4.69, 9.17) is 5.73 Å². The summed E-state index contributed by atoms with van der Waals surface area (Å²) in [4.78, 5) is -0.191. The Hall–Kier alpha value is -1.44. The Bertz CT molecular complexity index is 728. The molecule has 0 heterocycles. The Labute approximate surface area is 131 Å². The van der Waals surface area contributed by atoms with Gasteiger partial charge in [-0.3, -0.25) is 0 Å². The summed E-state index contributed by atoms with van der Waals surface area (Å²) in [6, 6.07) is 10.0. The van der Waals surface area contributed by atoms with Crippen LogP contribution in [0.25, 0.3) is 0 Å². The second kappa shape index (κ2) is 6.13. The van der Waals surface area contributed by atoms with Crippen molar-refractivity contribution in [1.29, 1.82) is 0 Å². The van der Waals surface area contributed by atoms with Gasteiger partial charge in [-0.25, -0.2) is 17.5 Å². The number of hydrogen-bond donors (Lipinski definition) is 2. The molecule has 0 aliphatic carbocycles. The van der Waals surface area contributed by atoms with Crippen molar-refractivity contribution >= 4 is 31.6 Å². The van der Waals surface area contributed by atoms with E-state index >= 15 is 0 Å². The van der Waals surface area contributed by atoms with Crippen LogP contribution in [0.5, 0.6) is 0 Å². The molecule has 0 spiro atoms. The average molecular weight is 373 g/mol. The van der Waals surface area contributed by atoms with E-state index in [9.17, 15) is 12.8 Å². The Morgan fingerprint density at radius 2 is 1.81 bits per heavy atom. The largest absolute Gasteiger partial charge is 0.399 e. The first-order valence-corrected chi connectivity index (χ1v) is 8.39. The summed E-state index contributed by atoms with van der Waals surface area (Å²) in [5, 5.41) is 0. The fourth-order valence-electron chi connectivity index (χ4n) is 1.86. The summed E-state index contributed by atoms with van der Waals surface area (Å²) in [7, 11) is -3.84. The van der Waals surface area contributed by atoms with Gasteiger partial charge in [-0.2, -0.15) is 0 Å². The molecule has 0 amide bonds. The van der Waals surface area contributed by atoms with E-state index in [1.165, 1.54) is 6.07 Å². The summed E-state index contributed by atoms with van der Waals surface area (Å²) < 4.78 is 41.2. The molecule has 0 aromatic heterocycles. The summed E-state index contributed by atoms with van der Waals surface area (Å²) in [6.07, 6.45) is 0. The second-order valence-corrected chi connectivity index (χ2v) is 7.24. The fraction of sp³-hybridized carbons (Fsp3) is 0.143. The molecular formula is C14H14BrFN2O2S. The minimum absolute atomic E-state index is 0.0617. The first kappa shape index (κ1) is 15.9. The summed E-state index contributed by atoms with van der Waals surface area (Å²) >= 11 is 3.31. The molecule has 0 bridgehead atoms. The molecule has 0 aliphatic heterocycles. The van der Waals surface area contributed by atoms with Gasteiger partial charge in [0.2, 0.25) is 10.0 Å². The van der Waals surface area contributed by atoms with E-state index in [0.29, 0.717) is 0 Å². The fourth-order valence-corrected chi connectivity index (χ4v) is 3.42. The van der Waals surface area contributed by atoms with Crippen molar-refractivity contribution in [3.8, 4) is 0 Å². The predicted molar refractivity (Wildman–Crippen MR) is 83.7 cm³/mol. The molecule has 2 rings (SSSR count). The van der Waals surface area contributed by atoms with Gasteiger partial charge in [0.25, 0.3) is 0 Å². The van der Waals surface area contributed by atoms with E-state index in [2.05, 4.69) is 20.7 Å². The number of nitrogens with two attached hydrogens (primary N) is 1. The number of halogens is 2. The lowest BCUT2D eigenvalue weighted by Crippen LogP contribution is -2.27. The maximum Gasteiger partial charge on any atom is 0.241 e. The number of sulfonamides is 1. The van der Waals surface area contributed by atoms with Gasteiger partial charge in [0.05, 0.1) is 4.90 Å². The van der Waals surface area contributed by atoms with E-state index in [0.717, 1.165) is 22.2 Å². The Morgan fingerprint density at radius 1 is 1.19 bits per heavy atom. The quantitative estimate of drug-likeness (QED) is 0.809. The van der Waals surface area contributed by atoms with Crippen LogP contribution in [0, 0.1) is 5.82 Å².